The maximum Gasteiger partial charge on any atom is 0.348 e. The van der Waals surface area contributed by atoms with Crippen LogP contribution in [0.3, 0.4) is 0 Å². The minimum atomic E-state index is -0.738. The van der Waals surface area contributed by atoms with Crippen LogP contribution in [0.25, 0.3) is 0 Å². The SMILES string of the molecule is O=[N+]([O-])c1cc2c(cc1[N+](=O)[O-])NCC2. The summed E-state index contributed by atoms with van der Waals surface area (Å²) in [6.07, 6.45) is 0.661. The molecule has 1 aliphatic heterocycles. The van der Waals surface area contributed by atoms with Gasteiger partial charge in [-0.15, -0.1) is 0 Å². The molecule has 78 valence electrons. The first-order valence-corrected chi connectivity index (χ1v) is 4.29. The third kappa shape index (κ3) is 1.47. The number of nitrogens with zero attached hydrogens (tertiary/aromatic N) is 2. The van der Waals surface area contributed by atoms with Crippen LogP contribution in [-0.2, 0) is 6.42 Å². The first kappa shape index (κ1) is 9.38. The molecule has 7 nitrogen and oxygen atoms in total. The number of nitro groups is 2. The molecule has 0 radical (unpaired) electrons. The molecule has 0 saturated heterocycles. The molecule has 0 saturated carbocycles. The Morgan fingerprint density at radius 2 is 1.73 bits per heavy atom. The summed E-state index contributed by atoms with van der Waals surface area (Å²) in [5.41, 5.74) is 0.468. The molecule has 0 aliphatic carbocycles. The van der Waals surface area contributed by atoms with Gasteiger partial charge in [-0.2, -0.15) is 0 Å². The molecule has 1 aliphatic rings. The number of nitrogens with one attached hydrogen (secondary N) is 1. The summed E-state index contributed by atoms with van der Waals surface area (Å²) in [5, 5.41) is 24.1. The molecule has 15 heavy (non-hydrogen) atoms. The van der Waals surface area contributed by atoms with Gasteiger partial charge in [0.2, 0.25) is 0 Å². The average molecular weight is 209 g/mol. The van der Waals surface area contributed by atoms with E-state index in [-0.39, 0.29) is 0 Å². The van der Waals surface area contributed by atoms with Crippen LogP contribution in [0.15, 0.2) is 12.1 Å². The van der Waals surface area contributed by atoms with Crippen LogP contribution in [0.4, 0.5) is 17.1 Å². The lowest BCUT2D eigenvalue weighted by Crippen LogP contribution is -1.98. The molecule has 1 heterocycles. The number of nitro benzene ring substituents is 2. The van der Waals surface area contributed by atoms with Crippen molar-refractivity contribution in [2.75, 3.05) is 11.9 Å². The molecule has 2 rings (SSSR count). The summed E-state index contributed by atoms with van der Waals surface area (Å²) in [6.45, 7) is 0.660. The lowest BCUT2D eigenvalue weighted by molar-refractivity contribution is -0.422. The fourth-order valence-corrected chi connectivity index (χ4v) is 1.62. The molecular weight excluding hydrogens is 202 g/mol. The van der Waals surface area contributed by atoms with E-state index in [0.29, 0.717) is 18.7 Å². The zero-order chi connectivity index (χ0) is 11.0. The van der Waals surface area contributed by atoms with Crippen molar-refractivity contribution in [1.29, 1.82) is 0 Å². The standard InChI is InChI=1S/C8H7N3O4/c12-10(13)7-3-5-1-2-9-6(5)4-8(7)11(14)15/h3-4,9H,1-2H2. The van der Waals surface area contributed by atoms with E-state index in [1.54, 1.807) is 0 Å². The zero-order valence-corrected chi connectivity index (χ0v) is 7.60. The molecule has 0 spiro atoms. The van der Waals surface area contributed by atoms with E-state index >= 15 is 0 Å². The summed E-state index contributed by atoms with van der Waals surface area (Å²) < 4.78 is 0. The Kier molecular flexibility index (Phi) is 2.00. The summed E-state index contributed by atoms with van der Waals surface area (Å²) >= 11 is 0. The van der Waals surface area contributed by atoms with Crippen molar-refractivity contribution in [3.63, 3.8) is 0 Å². The number of hydrogen-bond donors (Lipinski definition) is 1. The Balaban J connectivity index is 2.62. The van der Waals surface area contributed by atoms with Crippen LogP contribution in [-0.4, -0.2) is 16.4 Å². The molecule has 1 aromatic rings. The molecule has 1 aromatic carbocycles. The Morgan fingerprint density at radius 1 is 1.13 bits per heavy atom. The zero-order valence-electron chi connectivity index (χ0n) is 7.60. The number of fused-ring (bicyclic) bond motifs is 1. The largest absolute Gasteiger partial charge is 0.384 e. The molecule has 0 atom stereocenters. The lowest BCUT2D eigenvalue weighted by Gasteiger charge is -2.00. The summed E-state index contributed by atoms with van der Waals surface area (Å²) in [4.78, 5) is 19.7. The van der Waals surface area contributed by atoms with Crippen molar-refractivity contribution in [2.45, 2.75) is 6.42 Å². The van der Waals surface area contributed by atoms with E-state index in [0.717, 1.165) is 5.56 Å². The number of hydrogen-bond acceptors (Lipinski definition) is 5. The van der Waals surface area contributed by atoms with Gasteiger partial charge >= 0.3 is 11.4 Å². The third-order valence-corrected chi connectivity index (χ3v) is 2.30. The highest BCUT2D eigenvalue weighted by Crippen LogP contribution is 2.35. The highest BCUT2D eigenvalue weighted by atomic mass is 16.6. The Bertz CT molecular complexity index is 416. The first-order chi connectivity index (χ1) is 7.09. The number of benzene rings is 1. The van der Waals surface area contributed by atoms with Gasteiger partial charge in [0.25, 0.3) is 0 Å². The predicted molar refractivity (Wildman–Crippen MR) is 51.9 cm³/mol. The fraction of sp³-hybridized carbons (Fsp3) is 0.250. The number of rotatable bonds is 2. The second kappa shape index (κ2) is 3.19. The molecule has 7 heteroatoms. The van der Waals surface area contributed by atoms with E-state index in [1.165, 1.54) is 12.1 Å². The van der Waals surface area contributed by atoms with Crippen LogP contribution in [0, 0.1) is 20.2 Å². The minimum Gasteiger partial charge on any atom is -0.384 e. The van der Waals surface area contributed by atoms with Crippen LogP contribution < -0.4 is 5.32 Å². The Labute approximate surface area is 84.0 Å². The molecule has 0 unspecified atom stereocenters. The molecular formula is C8H7N3O4. The molecule has 1 N–H and O–H groups in total. The van der Waals surface area contributed by atoms with Gasteiger partial charge in [-0.25, -0.2) is 0 Å². The number of anilines is 1. The van der Waals surface area contributed by atoms with Crippen LogP contribution >= 0.6 is 0 Å². The quantitative estimate of drug-likeness (QED) is 0.587. The van der Waals surface area contributed by atoms with Gasteiger partial charge in [-0.05, 0) is 12.0 Å². The van der Waals surface area contributed by atoms with Gasteiger partial charge in [-0.3, -0.25) is 20.2 Å². The van der Waals surface area contributed by atoms with E-state index < -0.39 is 21.2 Å². The van der Waals surface area contributed by atoms with Crippen molar-refractivity contribution in [2.24, 2.45) is 0 Å². The van der Waals surface area contributed by atoms with Crippen molar-refractivity contribution < 1.29 is 9.85 Å². The van der Waals surface area contributed by atoms with Gasteiger partial charge in [0.05, 0.1) is 9.85 Å². The van der Waals surface area contributed by atoms with Crippen molar-refractivity contribution in [1.82, 2.24) is 0 Å². The van der Waals surface area contributed by atoms with E-state index in [1.807, 2.05) is 0 Å². The smallest absolute Gasteiger partial charge is 0.348 e. The topological polar surface area (TPSA) is 98.3 Å². The highest BCUT2D eigenvalue weighted by molar-refractivity contribution is 5.68. The molecule has 0 amide bonds. The molecule has 0 aromatic heterocycles. The van der Waals surface area contributed by atoms with Gasteiger partial charge in [0, 0.05) is 24.4 Å². The average Bonchev–Trinajstić information content (AvgIpc) is 2.61. The molecule has 0 fully saturated rings. The second-order valence-corrected chi connectivity index (χ2v) is 3.19. The minimum absolute atomic E-state index is 0.442. The van der Waals surface area contributed by atoms with Gasteiger partial charge in [-0.1, -0.05) is 0 Å². The van der Waals surface area contributed by atoms with Crippen LogP contribution in [0.2, 0.25) is 0 Å². The van der Waals surface area contributed by atoms with Crippen molar-refractivity contribution in [3.05, 3.63) is 37.9 Å². The predicted octanol–water partition coefficient (Wildman–Crippen LogP) is 1.47. The van der Waals surface area contributed by atoms with Gasteiger partial charge < -0.3 is 5.32 Å². The van der Waals surface area contributed by atoms with Crippen LogP contribution in [0.1, 0.15) is 5.56 Å². The van der Waals surface area contributed by atoms with E-state index in [2.05, 4.69) is 5.32 Å². The monoisotopic (exact) mass is 209 g/mol. The van der Waals surface area contributed by atoms with Crippen molar-refractivity contribution >= 4 is 17.1 Å². The van der Waals surface area contributed by atoms with Gasteiger partial charge in [0.15, 0.2) is 0 Å². The van der Waals surface area contributed by atoms with Crippen molar-refractivity contribution in [3.8, 4) is 0 Å². The highest BCUT2D eigenvalue weighted by Gasteiger charge is 2.28. The van der Waals surface area contributed by atoms with Gasteiger partial charge in [0.1, 0.15) is 0 Å². The second-order valence-electron chi connectivity index (χ2n) is 3.19. The summed E-state index contributed by atoms with van der Waals surface area (Å²) in [7, 11) is 0. The normalized spacial score (nSPS) is 13.1. The first-order valence-electron chi connectivity index (χ1n) is 4.29. The Hall–Kier alpha value is -2.18. The molecule has 0 bridgehead atoms. The maximum absolute atomic E-state index is 10.6. The third-order valence-electron chi connectivity index (χ3n) is 2.30. The Morgan fingerprint density at radius 3 is 2.33 bits per heavy atom. The summed E-state index contributed by atoms with van der Waals surface area (Å²) in [5.74, 6) is 0. The lowest BCUT2D eigenvalue weighted by atomic mass is 10.1. The summed E-state index contributed by atoms with van der Waals surface area (Å²) in [6, 6.07) is 2.49. The van der Waals surface area contributed by atoms with E-state index in [9.17, 15) is 20.2 Å². The fourth-order valence-electron chi connectivity index (χ4n) is 1.62. The van der Waals surface area contributed by atoms with Crippen LogP contribution in [0.5, 0.6) is 0 Å². The van der Waals surface area contributed by atoms with E-state index in [4.69, 9.17) is 0 Å². The maximum atomic E-state index is 10.6.